The van der Waals surface area contributed by atoms with E-state index in [4.69, 9.17) is 10.8 Å². The van der Waals surface area contributed by atoms with Gasteiger partial charge in [-0.05, 0) is 24.1 Å². The number of carbonyl (C=O) groups excluding carboxylic acids is 2. The summed E-state index contributed by atoms with van der Waals surface area (Å²) in [7, 11) is 0. The molecule has 0 unspecified atom stereocenters. The molecule has 1 aromatic carbocycles. The van der Waals surface area contributed by atoms with E-state index in [2.05, 4.69) is 10.6 Å². The molecule has 1 aromatic rings. The second-order valence-corrected chi connectivity index (χ2v) is 4.09. The lowest BCUT2D eigenvalue weighted by Gasteiger charge is -2.06. The third-order valence-electron chi connectivity index (χ3n) is 2.54. The minimum atomic E-state index is -0.986. The maximum Gasteiger partial charge on any atom is 0.335 e. The molecular weight excluding hydrogens is 262 g/mol. The number of hydrogen-bond acceptors (Lipinski definition) is 4. The molecule has 0 saturated carbocycles. The predicted molar refractivity (Wildman–Crippen MR) is 72.2 cm³/mol. The summed E-state index contributed by atoms with van der Waals surface area (Å²) in [5.74, 6) is -1.70. The Morgan fingerprint density at radius 1 is 1.15 bits per heavy atom. The average Bonchev–Trinajstić information content (AvgIpc) is 2.45. The number of carboxylic acid groups (broad SMARTS) is 1. The lowest BCUT2D eigenvalue weighted by molar-refractivity contribution is -0.125. The highest BCUT2D eigenvalue weighted by atomic mass is 16.4. The van der Waals surface area contributed by atoms with Gasteiger partial charge in [0.1, 0.15) is 0 Å². The second kappa shape index (κ2) is 7.90. The van der Waals surface area contributed by atoms with E-state index in [1.807, 2.05) is 0 Å². The first-order valence-corrected chi connectivity index (χ1v) is 6.08. The molecule has 0 aliphatic rings. The summed E-state index contributed by atoms with van der Waals surface area (Å²) in [6.07, 6.45) is 0.512. The summed E-state index contributed by atoms with van der Waals surface area (Å²) in [5.41, 5.74) is 6.11. The fourth-order valence-electron chi connectivity index (χ4n) is 1.52. The zero-order valence-corrected chi connectivity index (χ0v) is 10.9. The summed E-state index contributed by atoms with van der Waals surface area (Å²) in [6.45, 7) is 0.0842. The lowest BCUT2D eigenvalue weighted by atomic mass is 10.1. The fourth-order valence-corrected chi connectivity index (χ4v) is 1.52. The maximum atomic E-state index is 11.4. The predicted octanol–water partition coefficient (Wildman–Crippen LogP) is -0.882. The van der Waals surface area contributed by atoms with Crippen molar-refractivity contribution >= 4 is 17.8 Å². The highest BCUT2D eigenvalue weighted by molar-refractivity contribution is 5.87. The number of nitrogens with two attached hydrogens (primary N) is 1. The first-order valence-electron chi connectivity index (χ1n) is 6.08. The molecular formula is C13H17N3O4. The number of carboxylic acids is 1. The maximum absolute atomic E-state index is 11.4. The first-order chi connectivity index (χ1) is 9.52. The van der Waals surface area contributed by atoms with E-state index in [0.717, 1.165) is 5.56 Å². The molecule has 0 aliphatic heterocycles. The average molecular weight is 279 g/mol. The van der Waals surface area contributed by atoms with Crippen LogP contribution in [0.15, 0.2) is 24.3 Å². The number of rotatable bonds is 7. The molecule has 0 spiro atoms. The number of hydrogen-bond donors (Lipinski definition) is 4. The molecule has 0 saturated heterocycles. The zero-order chi connectivity index (χ0) is 15.0. The summed E-state index contributed by atoms with van der Waals surface area (Å²) < 4.78 is 0. The number of amides is 2. The normalized spacial score (nSPS) is 9.85. The molecule has 7 nitrogen and oxygen atoms in total. The molecule has 0 aromatic heterocycles. The van der Waals surface area contributed by atoms with E-state index in [1.165, 1.54) is 6.07 Å². The third-order valence-corrected chi connectivity index (χ3v) is 2.54. The Labute approximate surface area is 116 Å². The molecule has 0 fully saturated rings. The Kier molecular flexibility index (Phi) is 6.18. The van der Waals surface area contributed by atoms with Crippen LogP contribution in [0.4, 0.5) is 0 Å². The molecule has 0 atom stereocenters. The van der Waals surface area contributed by atoms with Crippen LogP contribution >= 0.6 is 0 Å². The van der Waals surface area contributed by atoms with Crippen LogP contribution in [0.3, 0.4) is 0 Å². The Morgan fingerprint density at radius 3 is 2.55 bits per heavy atom. The van der Waals surface area contributed by atoms with E-state index >= 15 is 0 Å². The van der Waals surface area contributed by atoms with Gasteiger partial charge >= 0.3 is 5.97 Å². The van der Waals surface area contributed by atoms with Crippen LogP contribution in [0.2, 0.25) is 0 Å². The smallest absolute Gasteiger partial charge is 0.335 e. The van der Waals surface area contributed by atoms with Crippen LogP contribution < -0.4 is 16.4 Å². The Balaban J connectivity index is 2.33. The summed E-state index contributed by atoms with van der Waals surface area (Å²) in [4.78, 5) is 33.0. The quantitative estimate of drug-likeness (QED) is 0.516. The second-order valence-electron chi connectivity index (χ2n) is 4.09. The van der Waals surface area contributed by atoms with Gasteiger partial charge in [-0.15, -0.1) is 0 Å². The molecule has 20 heavy (non-hydrogen) atoms. The molecule has 1 rings (SSSR count). The van der Waals surface area contributed by atoms with Gasteiger partial charge in [-0.3, -0.25) is 9.59 Å². The number of nitrogens with one attached hydrogen (secondary N) is 2. The summed E-state index contributed by atoms with van der Waals surface area (Å²) in [6, 6.07) is 6.51. The molecule has 2 amide bonds. The SMILES string of the molecule is NCC(=O)NCC(=O)NCCc1cccc(C(=O)O)c1. The van der Waals surface area contributed by atoms with E-state index in [-0.39, 0.29) is 24.6 Å². The topological polar surface area (TPSA) is 122 Å². The van der Waals surface area contributed by atoms with E-state index < -0.39 is 11.9 Å². The Hall–Kier alpha value is -2.41. The van der Waals surface area contributed by atoms with Gasteiger partial charge in [0.25, 0.3) is 0 Å². The highest BCUT2D eigenvalue weighted by Gasteiger charge is 2.05. The number of aromatic carboxylic acids is 1. The highest BCUT2D eigenvalue weighted by Crippen LogP contribution is 2.05. The van der Waals surface area contributed by atoms with E-state index in [0.29, 0.717) is 13.0 Å². The van der Waals surface area contributed by atoms with Crippen molar-refractivity contribution in [2.45, 2.75) is 6.42 Å². The van der Waals surface area contributed by atoms with Crippen molar-refractivity contribution in [2.75, 3.05) is 19.6 Å². The van der Waals surface area contributed by atoms with Crippen molar-refractivity contribution in [3.05, 3.63) is 35.4 Å². The number of benzene rings is 1. The van der Waals surface area contributed by atoms with Gasteiger partial charge in [-0.1, -0.05) is 12.1 Å². The summed E-state index contributed by atoms with van der Waals surface area (Å²) >= 11 is 0. The monoisotopic (exact) mass is 279 g/mol. The Bertz CT molecular complexity index is 502. The van der Waals surface area contributed by atoms with Crippen LogP contribution in [-0.2, 0) is 16.0 Å². The van der Waals surface area contributed by atoms with Crippen molar-refractivity contribution < 1.29 is 19.5 Å². The van der Waals surface area contributed by atoms with Crippen molar-refractivity contribution in [2.24, 2.45) is 5.73 Å². The standard InChI is InChI=1S/C13H17N3O4/c14-7-11(17)16-8-12(18)15-5-4-9-2-1-3-10(6-9)13(19)20/h1-3,6H,4-5,7-8,14H2,(H,15,18)(H,16,17)(H,19,20). The third kappa shape index (κ3) is 5.49. The lowest BCUT2D eigenvalue weighted by Crippen LogP contribution is -2.40. The van der Waals surface area contributed by atoms with Gasteiger partial charge < -0.3 is 21.5 Å². The molecule has 108 valence electrons. The van der Waals surface area contributed by atoms with Crippen LogP contribution in [-0.4, -0.2) is 42.5 Å². The largest absolute Gasteiger partial charge is 0.478 e. The minimum absolute atomic E-state index is 0.120. The summed E-state index contributed by atoms with van der Waals surface area (Å²) in [5, 5.41) is 13.8. The van der Waals surface area contributed by atoms with Gasteiger partial charge in [0.2, 0.25) is 11.8 Å². The van der Waals surface area contributed by atoms with Crippen LogP contribution in [0.1, 0.15) is 15.9 Å². The zero-order valence-electron chi connectivity index (χ0n) is 10.9. The van der Waals surface area contributed by atoms with Gasteiger partial charge in [0, 0.05) is 6.54 Å². The Morgan fingerprint density at radius 2 is 1.90 bits per heavy atom. The molecule has 0 aliphatic carbocycles. The number of carbonyl (C=O) groups is 3. The van der Waals surface area contributed by atoms with Gasteiger partial charge in [-0.25, -0.2) is 4.79 Å². The van der Waals surface area contributed by atoms with Crippen LogP contribution in [0.5, 0.6) is 0 Å². The van der Waals surface area contributed by atoms with Crippen molar-refractivity contribution in [1.82, 2.24) is 10.6 Å². The van der Waals surface area contributed by atoms with Crippen LogP contribution in [0.25, 0.3) is 0 Å². The van der Waals surface area contributed by atoms with Crippen molar-refractivity contribution in [1.29, 1.82) is 0 Å². The molecule has 5 N–H and O–H groups in total. The fraction of sp³-hybridized carbons (Fsp3) is 0.308. The van der Waals surface area contributed by atoms with Gasteiger partial charge in [0.15, 0.2) is 0 Å². The molecule has 0 bridgehead atoms. The van der Waals surface area contributed by atoms with E-state index in [1.54, 1.807) is 18.2 Å². The van der Waals surface area contributed by atoms with Gasteiger partial charge in [-0.2, -0.15) is 0 Å². The minimum Gasteiger partial charge on any atom is -0.478 e. The van der Waals surface area contributed by atoms with Gasteiger partial charge in [0.05, 0.1) is 18.7 Å². The molecule has 0 heterocycles. The molecule has 7 heteroatoms. The van der Waals surface area contributed by atoms with E-state index in [9.17, 15) is 14.4 Å². The first kappa shape index (κ1) is 15.6. The van der Waals surface area contributed by atoms with Crippen molar-refractivity contribution in [3.8, 4) is 0 Å². The van der Waals surface area contributed by atoms with Crippen LogP contribution in [0, 0.1) is 0 Å². The van der Waals surface area contributed by atoms with Crippen molar-refractivity contribution in [3.63, 3.8) is 0 Å². The molecule has 0 radical (unpaired) electrons.